The highest BCUT2D eigenvalue weighted by atomic mass is 16.3. The quantitative estimate of drug-likeness (QED) is 0.897. The first-order chi connectivity index (χ1) is 11.9. The number of anilines is 2. The number of benzene rings is 1. The van der Waals surface area contributed by atoms with Crippen LogP contribution in [0.4, 0.5) is 11.6 Å². The van der Waals surface area contributed by atoms with Crippen molar-refractivity contribution in [1.82, 2.24) is 9.97 Å². The number of aryl methyl sites for hydroxylation is 1. The van der Waals surface area contributed by atoms with Crippen molar-refractivity contribution in [2.45, 2.75) is 58.2 Å². The first-order valence-corrected chi connectivity index (χ1v) is 9.10. The molecular weight excluding hydrogens is 312 g/mol. The molecule has 2 aromatic rings. The summed E-state index contributed by atoms with van der Waals surface area (Å²) in [5.41, 5.74) is 2.83. The van der Waals surface area contributed by atoms with Crippen molar-refractivity contribution in [1.29, 1.82) is 0 Å². The lowest BCUT2D eigenvalue weighted by Crippen LogP contribution is -2.32. The summed E-state index contributed by atoms with van der Waals surface area (Å²) in [6, 6.07) is 8.99. The van der Waals surface area contributed by atoms with Crippen LogP contribution in [-0.2, 0) is 18.6 Å². The lowest BCUT2D eigenvalue weighted by Gasteiger charge is -2.31. The molecule has 0 saturated heterocycles. The fourth-order valence-electron chi connectivity index (χ4n) is 3.35. The minimum Gasteiger partial charge on any atom is -0.386 e. The Morgan fingerprint density at radius 1 is 1.16 bits per heavy atom. The van der Waals surface area contributed by atoms with Crippen LogP contribution >= 0.6 is 0 Å². The molecule has 2 aliphatic rings. The monoisotopic (exact) mass is 338 g/mol. The van der Waals surface area contributed by atoms with Crippen molar-refractivity contribution in [2.75, 3.05) is 16.8 Å². The van der Waals surface area contributed by atoms with E-state index in [0.717, 1.165) is 42.5 Å². The summed E-state index contributed by atoms with van der Waals surface area (Å²) in [5, 5.41) is 13.7. The zero-order chi connectivity index (χ0) is 17.6. The molecule has 1 aromatic carbocycles. The molecule has 1 aromatic heterocycles. The Morgan fingerprint density at radius 2 is 1.96 bits per heavy atom. The van der Waals surface area contributed by atoms with Crippen LogP contribution in [0.3, 0.4) is 0 Å². The number of hydrogen-bond donors (Lipinski definition) is 2. The molecule has 0 radical (unpaired) electrons. The van der Waals surface area contributed by atoms with Crippen molar-refractivity contribution < 1.29 is 5.11 Å². The average Bonchev–Trinajstić information content (AvgIpc) is 3.36. The zero-order valence-electron chi connectivity index (χ0n) is 15.2. The molecule has 1 fully saturated rings. The molecule has 1 aliphatic carbocycles. The van der Waals surface area contributed by atoms with Crippen LogP contribution in [-0.4, -0.2) is 27.7 Å². The topological polar surface area (TPSA) is 61.3 Å². The first kappa shape index (κ1) is 16.3. The molecule has 4 rings (SSSR count). The van der Waals surface area contributed by atoms with E-state index in [2.05, 4.69) is 38.4 Å². The fourth-order valence-corrected chi connectivity index (χ4v) is 3.35. The summed E-state index contributed by atoms with van der Waals surface area (Å²) in [7, 11) is 0. The van der Waals surface area contributed by atoms with Gasteiger partial charge in [0, 0.05) is 25.2 Å². The lowest BCUT2D eigenvalue weighted by atomic mass is 9.91. The maximum Gasteiger partial charge on any atom is 0.134 e. The molecule has 5 heteroatoms. The smallest absolute Gasteiger partial charge is 0.134 e. The Balaban J connectivity index is 1.57. The predicted molar refractivity (Wildman–Crippen MR) is 99.9 cm³/mol. The van der Waals surface area contributed by atoms with Gasteiger partial charge in [-0.1, -0.05) is 18.2 Å². The Hall–Kier alpha value is -2.14. The highest BCUT2D eigenvalue weighted by Gasteiger charge is 2.24. The highest BCUT2D eigenvalue weighted by molar-refractivity contribution is 5.52. The normalized spacial score (nSPS) is 17.4. The molecule has 5 nitrogen and oxygen atoms in total. The van der Waals surface area contributed by atoms with Crippen molar-refractivity contribution in [2.24, 2.45) is 0 Å². The third-order valence-electron chi connectivity index (χ3n) is 5.00. The second kappa shape index (κ2) is 5.99. The van der Waals surface area contributed by atoms with E-state index in [1.807, 2.05) is 26.8 Å². The number of hydrogen-bond acceptors (Lipinski definition) is 5. The maximum absolute atomic E-state index is 10.2. The van der Waals surface area contributed by atoms with Gasteiger partial charge in [0.25, 0.3) is 0 Å². The van der Waals surface area contributed by atoms with Crippen LogP contribution in [0.5, 0.6) is 0 Å². The van der Waals surface area contributed by atoms with Gasteiger partial charge >= 0.3 is 0 Å². The molecule has 0 unspecified atom stereocenters. The maximum atomic E-state index is 10.2. The van der Waals surface area contributed by atoms with Crippen molar-refractivity contribution >= 4 is 11.6 Å². The average molecular weight is 338 g/mol. The number of nitrogens with zero attached hydrogens (tertiary/aromatic N) is 3. The summed E-state index contributed by atoms with van der Waals surface area (Å²) in [6.07, 6.45) is 3.44. The summed E-state index contributed by atoms with van der Waals surface area (Å²) < 4.78 is 0. The number of aliphatic hydroxyl groups is 1. The first-order valence-electron chi connectivity index (χ1n) is 9.10. The van der Waals surface area contributed by atoms with Crippen LogP contribution in [0, 0.1) is 6.92 Å². The molecule has 2 N–H and O–H groups in total. The molecule has 25 heavy (non-hydrogen) atoms. The number of rotatable bonds is 4. The lowest BCUT2D eigenvalue weighted by molar-refractivity contribution is 0.0785. The van der Waals surface area contributed by atoms with Crippen molar-refractivity contribution in [3.8, 4) is 0 Å². The zero-order valence-corrected chi connectivity index (χ0v) is 15.2. The molecule has 132 valence electrons. The molecule has 1 saturated carbocycles. The third-order valence-corrected chi connectivity index (χ3v) is 5.00. The number of aromatic nitrogens is 2. The van der Waals surface area contributed by atoms with Gasteiger partial charge in [-0.3, -0.25) is 0 Å². The van der Waals surface area contributed by atoms with E-state index in [-0.39, 0.29) is 0 Å². The van der Waals surface area contributed by atoms with Crippen LogP contribution < -0.4 is 10.2 Å². The summed E-state index contributed by atoms with van der Waals surface area (Å²) in [5.74, 6) is 2.74. The van der Waals surface area contributed by atoms with Crippen molar-refractivity contribution in [3.05, 3.63) is 46.8 Å². The van der Waals surface area contributed by atoms with E-state index >= 15 is 0 Å². The molecule has 0 atom stereocenters. The minimum absolute atomic E-state index is 0.587. The summed E-state index contributed by atoms with van der Waals surface area (Å²) in [6.45, 7) is 7.40. The van der Waals surface area contributed by atoms with E-state index in [4.69, 9.17) is 0 Å². The summed E-state index contributed by atoms with van der Waals surface area (Å²) in [4.78, 5) is 11.5. The van der Waals surface area contributed by atoms with E-state index in [9.17, 15) is 5.11 Å². The second-order valence-electron chi connectivity index (χ2n) is 7.79. The molecule has 0 bridgehead atoms. The van der Waals surface area contributed by atoms with Gasteiger partial charge in [-0.15, -0.1) is 0 Å². The Morgan fingerprint density at radius 3 is 2.68 bits per heavy atom. The Labute approximate surface area is 149 Å². The van der Waals surface area contributed by atoms with E-state index in [1.54, 1.807) is 0 Å². The van der Waals surface area contributed by atoms with E-state index in [0.29, 0.717) is 6.04 Å². The van der Waals surface area contributed by atoms with Gasteiger partial charge < -0.3 is 15.3 Å². The van der Waals surface area contributed by atoms with Gasteiger partial charge in [-0.25, -0.2) is 9.97 Å². The largest absolute Gasteiger partial charge is 0.386 e. The van der Waals surface area contributed by atoms with Crippen LogP contribution in [0.1, 0.15) is 49.2 Å². The second-order valence-corrected chi connectivity index (χ2v) is 7.79. The van der Waals surface area contributed by atoms with Gasteiger partial charge in [-0.2, -0.15) is 0 Å². The van der Waals surface area contributed by atoms with Gasteiger partial charge in [0.15, 0.2) is 0 Å². The predicted octanol–water partition coefficient (Wildman–Crippen LogP) is 3.15. The van der Waals surface area contributed by atoms with E-state index < -0.39 is 5.60 Å². The molecule has 1 aliphatic heterocycles. The highest BCUT2D eigenvalue weighted by Crippen LogP contribution is 2.30. The van der Waals surface area contributed by atoms with Gasteiger partial charge in [0.2, 0.25) is 0 Å². The van der Waals surface area contributed by atoms with Crippen LogP contribution in [0.25, 0.3) is 0 Å². The fraction of sp³-hybridized carbons (Fsp3) is 0.500. The third kappa shape index (κ3) is 3.61. The molecule has 2 heterocycles. The van der Waals surface area contributed by atoms with Crippen molar-refractivity contribution in [3.63, 3.8) is 0 Å². The van der Waals surface area contributed by atoms with E-state index in [1.165, 1.54) is 24.0 Å². The van der Waals surface area contributed by atoms with Gasteiger partial charge in [-0.05, 0) is 56.7 Å². The SMILES string of the molecule is Cc1nc(NC2CC2)cc(N2CCc3cc(C(C)(C)O)ccc3C2)n1. The summed E-state index contributed by atoms with van der Waals surface area (Å²) >= 11 is 0. The number of fused-ring (bicyclic) bond motifs is 1. The van der Waals surface area contributed by atoms with Crippen LogP contribution in [0.2, 0.25) is 0 Å². The minimum atomic E-state index is -0.792. The van der Waals surface area contributed by atoms with Crippen LogP contribution in [0.15, 0.2) is 24.3 Å². The molecule has 0 spiro atoms. The number of nitrogens with one attached hydrogen (secondary N) is 1. The molecular formula is C20H26N4O. The Bertz CT molecular complexity index is 793. The molecule has 0 amide bonds. The van der Waals surface area contributed by atoms with Gasteiger partial charge in [0.05, 0.1) is 5.60 Å². The van der Waals surface area contributed by atoms with Gasteiger partial charge in [0.1, 0.15) is 17.5 Å². The Kier molecular flexibility index (Phi) is 3.91. The standard InChI is InChI=1S/C20H26N4O/c1-13-21-18(23-17-6-7-17)11-19(22-13)24-9-8-14-10-16(20(2,3)25)5-4-15(14)12-24/h4-5,10-11,17,25H,6-9,12H2,1-3H3,(H,21,22,23).